The van der Waals surface area contributed by atoms with Crippen molar-refractivity contribution in [1.29, 1.82) is 0 Å². The van der Waals surface area contributed by atoms with Gasteiger partial charge in [-0.25, -0.2) is 4.39 Å². The molecule has 1 fully saturated rings. The number of benzene rings is 1. The van der Waals surface area contributed by atoms with E-state index in [4.69, 9.17) is 0 Å². The molecule has 1 aliphatic rings. The van der Waals surface area contributed by atoms with E-state index in [9.17, 15) is 9.18 Å². The minimum absolute atomic E-state index is 0.0734. The summed E-state index contributed by atoms with van der Waals surface area (Å²) < 4.78 is 13.0. The number of carbonyl (C=O) groups excluding carboxylic acids is 1. The van der Waals surface area contributed by atoms with Gasteiger partial charge in [-0.2, -0.15) is 0 Å². The van der Waals surface area contributed by atoms with Crippen LogP contribution in [0.15, 0.2) is 36.4 Å². The lowest BCUT2D eigenvalue weighted by Gasteiger charge is -2.35. The summed E-state index contributed by atoms with van der Waals surface area (Å²) >= 11 is 0. The highest BCUT2D eigenvalue weighted by atomic mass is 19.1. The predicted molar refractivity (Wildman–Crippen MR) is 104 cm³/mol. The Bertz CT molecular complexity index is 738. The summed E-state index contributed by atoms with van der Waals surface area (Å²) in [6.45, 7) is 8.77. The van der Waals surface area contributed by atoms with Crippen LogP contribution in [-0.4, -0.2) is 60.3 Å². The van der Waals surface area contributed by atoms with Gasteiger partial charge in [-0.05, 0) is 43.7 Å². The van der Waals surface area contributed by atoms with Gasteiger partial charge in [0.05, 0.1) is 6.42 Å². The Hall–Kier alpha value is -2.70. The molecule has 3 rings (SSSR count). The summed E-state index contributed by atoms with van der Waals surface area (Å²) in [6.07, 6.45) is 0.304. The zero-order valence-electron chi connectivity index (χ0n) is 15.9. The first kappa shape index (κ1) is 19.1. The molecule has 0 bridgehead atoms. The molecule has 6 nitrogen and oxygen atoms in total. The average molecular weight is 371 g/mol. The third kappa shape index (κ3) is 4.72. The van der Waals surface area contributed by atoms with Crippen molar-refractivity contribution in [2.45, 2.75) is 20.3 Å². The SMILES string of the molecule is CCN(CC)c1ccc(N2CCN(C(=O)Cc3ccc(F)cc3)CC2)nn1. The van der Waals surface area contributed by atoms with Crippen LogP contribution in [0.4, 0.5) is 16.0 Å². The summed E-state index contributed by atoms with van der Waals surface area (Å²) in [5.74, 6) is 1.52. The smallest absolute Gasteiger partial charge is 0.227 e. The molecule has 1 amide bonds. The van der Waals surface area contributed by atoms with Crippen molar-refractivity contribution >= 4 is 17.5 Å². The molecular weight excluding hydrogens is 345 g/mol. The molecule has 0 unspecified atom stereocenters. The molecule has 1 aliphatic heterocycles. The van der Waals surface area contributed by atoms with Gasteiger partial charge in [-0.3, -0.25) is 4.79 Å². The Kier molecular flexibility index (Phi) is 6.21. The van der Waals surface area contributed by atoms with Gasteiger partial charge in [-0.1, -0.05) is 12.1 Å². The molecule has 0 atom stereocenters. The molecule has 144 valence electrons. The van der Waals surface area contributed by atoms with E-state index in [1.165, 1.54) is 12.1 Å². The van der Waals surface area contributed by atoms with E-state index in [1.54, 1.807) is 12.1 Å². The van der Waals surface area contributed by atoms with E-state index >= 15 is 0 Å². The van der Waals surface area contributed by atoms with Crippen LogP contribution in [0.5, 0.6) is 0 Å². The summed E-state index contributed by atoms with van der Waals surface area (Å²) in [6, 6.07) is 10.1. The Balaban J connectivity index is 1.53. The standard InChI is InChI=1S/C20H26FN5O/c1-3-24(4-2)18-9-10-19(23-22-18)25-11-13-26(14-12-25)20(27)15-16-5-7-17(21)8-6-16/h5-10H,3-4,11-15H2,1-2H3. The fourth-order valence-electron chi connectivity index (χ4n) is 3.28. The molecule has 0 radical (unpaired) electrons. The molecule has 0 saturated carbocycles. The molecular formula is C20H26FN5O. The molecule has 0 N–H and O–H groups in total. The van der Waals surface area contributed by atoms with Gasteiger partial charge in [0.2, 0.25) is 5.91 Å². The van der Waals surface area contributed by atoms with Crippen LogP contribution >= 0.6 is 0 Å². The quantitative estimate of drug-likeness (QED) is 0.780. The van der Waals surface area contributed by atoms with Crippen LogP contribution in [0.25, 0.3) is 0 Å². The van der Waals surface area contributed by atoms with E-state index < -0.39 is 0 Å². The van der Waals surface area contributed by atoms with Gasteiger partial charge in [0.15, 0.2) is 11.6 Å². The number of hydrogen-bond donors (Lipinski definition) is 0. The topological polar surface area (TPSA) is 52.6 Å². The van der Waals surface area contributed by atoms with Gasteiger partial charge in [0, 0.05) is 39.3 Å². The number of nitrogens with zero attached hydrogens (tertiary/aromatic N) is 5. The first-order valence-corrected chi connectivity index (χ1v) is 9.46. The number of halogens is 1. The second-order valence-electron chi connectivity index (χ2n) is 6.59. The van der Waals surface area contributed by atoms with Gasteiger partial charge in [-0.15, -0.1) is 10.2 Å². The zero-order chi connectivity index (χ0) is 19.2. The average Bonchev–Trinajstić information content (AvgIpc) is 2.71. The highest BCUT2D eigenvalue weighted by molar-refractivity contribution is 5.79. The molecule has 7 heteroatoms. The minimum atomic E-state index is -0.284. The van der Waals surface area contributed by atoms with Crippen molar-refractivity contribution in [3.05, 3.63) is 47.8 Å². The molecule has 1 aromatic heterocycles. The summed E-state index contributed by atoms with van der Waals surface area (Å²) in [7, 11) is 0. The van der Waals surface area contributed by atoms with Crippen molar-refractivity contribution in [3.63, 3.8) is 0 Å². The van der Waals surface area contributed by atoms with E-state index in [0.29, 0.717) is 19.5 Å². The molecule has 2 heterocycles. The second kappa shape index (κ2) is 8.79. The maximum atomic E-state index is 13.0. The van der Waals surface area contributed by atoms with Crippen LogP contribution in [-0.2, 0) is 11.2 Å². The third-order valence-corrected chi connectivity index (χ3v) is 4.95. The Morgan fingerprint density at radius 3 is 2.22 bits per heavy atom. The van der Waals surface area contributed by atoms with Gasteiger partial charge < -0.3 is 14.7 Å². The Morgan fingerprint density at radius 1 is 1.00 bits per heavy atom. The predicted octanol–water partition coefficient (Wildman–Crippen LogP) is 2.35. The molecule has 0 aliphatic carbocycles. The first-order valence-electron chi connectivity index (χ1n) is 9.46. The molecule has 27 heavy (non-hydrogen) atoms. The van der Waals surface area contributed by atoms with E-state index in [2.05, 4.69) is 33.8 Å². The second-order valence-corrected chi connectivity index (χ2v) is 6.59. The van der Waals surface area contributed by atoms with Crippen molar-refractivity contribution in [1.82, 2.24) is 15.1 Å². The first-order chi connectivity index (χ1) is 13.1. The number of piperazine rings is 1. The number of carbonyl (C=O) groups is 1. The Labute approximate surface area is 159 Å². The molecule has 0 spiro atoms. The lowest BCUT2D eigenvalue weighted by Crippen LogP contribution is -2.49. The highest BCUT2D eigenvalue weighted by Crippen LogP contribution is 2.17. The molecule has 1 aromatic carbocycles. The minimum Gasteiger partial charge on any atom is -0.356 e. The third-order valence-electron chi connectivity index (χ3n) is 4.95. The van der Waals surface area contributed by atoms with Crippen LogP contribution in [0.3, 0.4) is 0 Å². The van der Waals surface area contributed by atoms with Crippen LogP contribution < -0.4 is 9.80 Å². The van der Waals surface area contributed by atoms with Gasteiger partial charge in [0.1, 0.15) is 5.82 Å². The van der Waals surface area contributed by atoms with Crippen molar-refractivity contribution in [3.8, 4) is 0 Å². The number of rotatable bonds is 6. The van der Waals surface area contributed by atoms with E-state index in [-0.39, 0.29) is 11.7 Å². The maximum absolute atomic E-state index is 13.0. The van der Waals surface area contributed by atoms with E-state index in [1.807, 2.05) is 17.0 Å². The Morgan fingerprint density at radius 2 is 1.67 bits per heavy atom. The normalized spacial score (nSPS) is 14.3. The molecule has 2 aromatic rings. The fraction of sp³-hybridized carbons (Fsp3) is 0.450. The monoisotopic (exact) mass is 371 g/mol. The number of anilines is 2. The number of amides is 1. The number of hydrogen-bond acceptors (Lipinski definition) is 5. The largest absolute Gasteiger partial charge is 0.356 e. The highest BCUT2D eigenvalue weighted by Gasteiger charge is 2.22. The van der Waals surface area contributed by atoms with Crippen molar-refractivity contribution < 1.29 is 9.18 Å². The van der Waals surface area contributed by atoms with Gasteiger partial charge in [0.25, 0.3) is 0 Å². The number of aromatic nitrogens is 2. The summed E-state index contributed by atoms with van der Waals surface area (Å²) in [5.41, 5.74) is 0.835. The van der Waals surface area contributed by atoms with Crippen LogP contribution in [0, 0.1) is 5.82 Å². The van der Waals surface area contributed by atoms with Gasteiger partial charge >= 0.3 is 0 Å². The van der Waals surface area contributed by atoms with E-state index in [0.717, 1.165) is 43.4 Å². The lowest BCUT2D eigenvalue weighted by atomic mass is 10.1. The van der Waals surface area contributed by atoms with Crippen molar-refractivity contribution in [2.24, 2.45) is 0 Å². The summed E-state index contributed by atoms with van der Waals surface area (Å²) in [5, 5.41) is 8.70. The maximum Gasteiger partial charge on any atom is 0.227 e. The van der Waals surface area contributed by atoms with Crippen LogP contribution in [0.1, 0.15) is 19.4 Å². The summed E-state index contributed by atoms with van der Waals surface area (Å²) in [4.78, 5) is 18.6. The van der Waals surface area contributed by atoms with Crippen LogP contribution in [0.2, 0.25) is 0 Å². The molecule has 1 saturated heterocycles. The fourth-order valence-corrected chi connectivity index (χ4v) is 3.28. The lowest BCUT2D eigenvalue weighted by molar-refractivity contribution is -0.130. The zero-order valence-corrected chi connectivity index (χ0v) is 15.9. The van der Waals surface area contributed by atoms with Crippen molar-refractivity contribution in [2.75, 3.05) is 49.1 Å².